The van der Waals surface area contributed by atoms with Crippen LogP contribution < -0.4 is 15.9 Å². The Balaban J connectivity index is 2.01. The molecule has 4 rings (SSSR count). The predicted octanol–water partition coefficient (Wildman–Crippen LogP) is 6.47. The van der Waals surface area contributed by atoms with Crippen LogP contribution in [0, 0.1) is 0 Å². The summed E-state index contributed by atoms with van der Waals surface area (Å²) in [5.74, 6) is -0.438. The molecule has 0 spiro atoms. The van der Waals surface area contributed by atoms with E-state index in [1.165, 1.54) is 23.0 Å². The topological polar surface area (TPSA) is 26.3 Å². The van der Waals surface area contributed by atoms with Gasteiger partial charge in [-0.3, -0.25) is 0 Å². The molecule has 0 saturated heterocycles. The van der Waals surface area contributed by atoms with Crippen LogP contribution in [0.4, 0.5) is 0 Å². The van der Waals surface area contributed by atoms with Gasteiger partial charge in [0.1, 0.15) is 0 Å². The van der Waals surface area contributed by atoms with Gasteiger partial charge in [-0.2, -0.15) is 0 Å². The Morgan fingerprint density at radius 1 is 0.781 bits per heavy atom. The molecule has 0 aromatic heterocycles. The van der Waals surface area contributed by atoms with Crippen LogP contribution in [-0.4, -0.2) is 13.1 Å². The third-order valence-electron chi connectivity index (χ3n) is 5.80. The molecule has 4 aromatic carbocycles. The first kappa shape index (κ1) is 22.7. The van der Waals surface area contributed by atoms with Gasteiger partial charge < -0.3 is 0 Å². The average Bonchev–Trinajstić information content (AvgIpc) is 2.85. The van der Waals surface area contributed by atoms with Crippen LogP contribution in [0.5, 0.6) is 0 Å². The maximum absolute atomic E-state index is 12.1. The zero-order valence-electron chi connectivity index (χ0n) is 17.6. The summed E-state index contributed by atoms with van der Waals surface area (Å²) >= 11 is 10.9. The fraction of sp³-hybridized carbons (Fsp3) is 0.0741. The first-order chi connectivity index (χ1) is 15.5. The van der Waals surface area contributed by atoms with Crippen molar-refractivity contribution in [2.45, 2.75) is 6.16 Å². The van der Waals surface area contributed by atoms with E-state index in [9.17, 15) is 4.79 Å². The second kappa shape index (κ2) is 9.19. The van der Waals surface area contributed by atoms with Gasteiger partial charge in [-0.1, -0.05) is 0 Å². The molecule has 0 N–H and O–H groups in total. The molecule has 162 valence electrons. The third kappa shape index (κ3) is 3.90. The van der Waals surface area contributed by atoms with E-state index in [0.29, 0.717) is 16.7 Å². The molecule has 0 amide bonds. The zero-order valence-corrected chi connectivity index (χ0v) is 20.9. The minimum atomic E-state index is -3.12. The molecular formula is C27H23BrClO2P. The molecule has 0 atom stereocenters. The van der Waals surface area contributed by atoms with Gasteiger partial charge in [0.2, 0.25) is 0 Å². The summed E-state index contributed by atoms with van der Waals surface area (Å²) in [6.07, 6.45) is 0.699. The van der Waals surface area contributed by atoms with Crippen molar-refractivity contribution in [3.63, 3.8) is 0 Å². The quantitative estimate of drug-likeness (QED) is 0.213. The molecule has 0 unspecified atom stereocenters. The Hall–Kier alpha value is -2.45. The minimum absolute atomic E-state index is 0.368. The van der Waals surface area contributed by atoms with E-state index in [4.69, 9.17) is 16.3 Å². The standard InChI is InChI=1S/C27H23BrClO2P/c1-31-27(30)25-18-17-21(19-26(25)29)20-32(28,22-11-5-2-6-12-22,23-13-7-3-8-14-23)24-15-9-4-10-16-24/h2-19H,20H2,1H3. The van der Waals surface area contributed by atoms with Crippen molar-refractivity contribution in [3.8, 4) is 0 Å². The molecule has 0 aliphatic carbocycles. The summed E-state index contributed by atoms with van der Waals surface area (Å²) in [7, 11) is 1.36. The van der Waals surface area contributed by atoms with Gasteiger partial charge in [0.05, 0.1) is 0 Å². The fourth-order valence-electron chi connectivity index (χ4n) is 4.21. The third-order valence-corrected chi connectivity index (χ3v) is 15.6. The van der Waals surface area contributed by atoms with E-state index < -0.39 is 11.3 Å². The van der Waals surface area contributed by atoms with Crippen molar-refractivity contribution in [1.82, 2.24) is 0 Å². The number of esters is 1. The van der Waals surface area contributed by atoms with E-state index >= 15 is 0 Å². The van der Waals surface area contributed by atoms with Crippen molar-refractivity contribution < 1.29 is 9.53 Å². The number of ether oxygens (including phenoxy) is 1. The summed E-state index contributed by atoms with van der Waals surface area (Å²) in [5.41, 5.74) is 1.40. The summed E-state index contributed by atoms with van der Waals surface area (Å²) in [6, 6.07) is 37.3. The van der Waals surface area contributed by atoms with Crippen LogP contribution in [0.15, 0.2) is 109 Å². The molecular weight excluding hydrogens is 503 g/mol. The Morgan fingerprint density at radius 2 is 1.22 bits per heavy atom. The summed E-state index contributed by atoms with van der Waals surface area (Å²) < 4.78 is 4.86. The molecule has 0 bridgehead atoms. The average molecular weight is 526 g/mol. The van der Waals surface area contributed by atoms with Gasteiger partial charge in [-0.15, -0.1) is 0 Å². The SMILES string of the molecule is COC(=O)c1ccc(CP(Br)(c2ccccc2)(c2ccccc2)c2ccccc2)cc1Cl. The van der Waals surface area contributed by atoms with Gasteiger partial charge in [0.15, 0.2) is 0 Å². The Bertz CT molecular complexity index is 1130. The van der Waals surface area contributed by atoms with Crippen molar-refractivity contribution >= 4 is 54.3 Å². The predicted molar refractivity (Wildman–Crippen MR) is 141 cm³/mol. The van der Waals surface area contributed by atoms with Crippen LogP contribution in [0.2, 0.25) is 5.02 Å². The number of rotatable bonds is 6. The van der Waals surface area contributed by atoms with E-state index in [1.54, 1.807) is 6.07 Å². The molecule has 0 heterocycles. The molecule has 0 radical (unpaired) electrons. The second-order valence-corrected chi connectivity index (χ2v) is 17.0. The summed E-state index contributed by atoms with van der Waals surface area (Å²) in [6.45, 7) is 0. The van der Waals surface area contributed by atoms with Gasteiger partial charge in [-0.25, -0.2) is 0 Å². The molecule has 0 aliphatic rings. The maximum atomic E-state index is 12.1. The number of methoxy groups -OCH3 is 1. The molecule has 5 heteroatoms. The molecule has 2 nitrogen and oxygen atoms in total. The van der Waals surface area contributed by atoms with E-state index in [2.05, 4.69) is 88.3 Å². The number of carbonyl (C=O) groups is 1. The Morgan fingerprint density at radius 3 is 1.59 bits per heavy atom. The van der Waals surface area contributed by atoms with Gasteiger partial charge >= 0.3 is 202 Å². The first-order valence-corrected chi connectivity index (χ1v) is 15.1. The van der Waals surface area contributed by atoms with Crippen LogP contribution in [0.25, 0.3) is 0 Å². The Kier molecular flexibility index (Phi) is 6.53. The fourth-order valence-corrected chi connectivity index (χ4v) is 12.2. The van der Waals surface area contributed by atoms with Crippen molar-refractivity contribution in [1.29, 1.82) is 0 Å². The zero-order chi connectivity index (χ0) is 22.6. The van der Waals surface area contributed by atoms with Crippen LogP contribution in [0.3, 0.4) is 0 Å². The van der Waals surface area contributed by atoms with Crippen molar-refractivity contribution in [2.75, 3.05) is 7.11 Å². The van der Waals surface area contributed by atoms with Crippen LogP contribution >= 0.6 is 32.4 Å². The number of halogens is 2. The van der Waals surface area contributed by atoms with E-state index in [1.807, 2.05) is 30.3 Å². The monoisotopic (exact) mass is 524 g/mol. The number of hydrogen-bond acceptors (Lipinski definition) is 2. The molecule has 32 heavy (non-hydrogen) atoms. The number of hydrogen-bond donors (Lipinski definition) is 0. The molecule has 0 saturated carbocycles. The van der Waals surface area contributed by atoms with Crippen LogP contribution in [-0.2, 0) is 10.9 Å². The molecule has 0 aliphatic heterocycles. The number of benzene rings is 4. The second-order valence-electron chi connectivity index (χ2n) is 7.65. The normalized spacial score (nSPS) is 12.5. The van der Waals surface area contributed by atoms with E-state index in [0.717, 1.165) is 5.56 Å². The van der Waals surface area contributed by atoms with E-state index in [-0.39, 0.29) is 0 Å². The Labute approximate surface area is 201 Å². The first-order valence-electron chi connectivity index (χ1n) is 10.2. The van der Waals surface area contributed by atoms with Gasteiger partial charge in [-0.05, 0) is 0 Å². The molecule has 4 aromatic rings. The van der Waals surface area contributed by atoms with Crippen molar-refractivity contribution in [3.05, 3.63) is 125 Å². The van der Waals surface area contributed by atoms with Gasteiger partial charge in [0, 0.05) is 0 Å². The summed E-state index contributed by atoms with van der Waals surface area (Å²) in [5, 5.41) is 0.946. The van der Waals surface area contributed by atoms with Crippen LogP contribution in [0.1, 0.15) is 15.9 Å². The molecule has 0 fully saturated rings. The van der Waals surface area contributed by atoms with Crippen molar-refractivity contribution in [2.24, 2.45) is 0 Å². The summed E-state index contributed by atoms with van der Waals surface area (Å²) in [4.78, 5) is 12.1. The number of carbonyl (C=O) groups excluding carboxylic acids is 1. The van der Waals surface area contributed by atoms with Gasteiger partial charge in [0.25, 0.3) is 0 Å².